The van der Waals surface area contributed by atoms with E-state index in [9.17, 15) is 14.5 Å². The van der Waals surface area contributed by atoms with Gasteiger partial charge in [-0.15, -0.1) is 0 Å². The number of nitro groups is 1. The SMILES string of the molecule is COc1cc(NCc2ccc(N)cc2)c([N+](=O)[O-])cc1F. The monoisotopic (exact) mass is 291 g/mol. The summed E-state index contributed by atoms with van der Waals surface area (Å²) in [4.78, 5) is 10.3. The van der Waals surface area contributed by atoms with Gasteiger partial charge in [0.05, 0.1) is 18.1 Å². The number of methoxy groups -OCH3 is 1. The number of halogens is 1. The summed E-state index contributed by atoms with van der Waals surface area (Å²) in [5.41, 5.74) is 6.95. The Bertz CT molecular complexity index is 659. The number of hydrogen-bond donors (Lipinski definition) is 2. The summed E-state index contributed by atoms with van der Waals surface area (Å²) in [5, 5.41) is 13.9. The highest BCUT2D eigenvalue weighted by Crippen LogP contribution is 2.32. The molecule has 0 radical (unpaired) electrons. The molecular formula is C14H14FN3O3. The van der Waals surface area contributed by atoms with E-state index in [1.54, 1.807) is 24.3 Å². The smallest absolute Gasteiger partial charge is 0.295 e. The maximum Gasteiger partial charge on any atom is 0.295 e. The quantitative estimate of drug-likeness (QED) is 0.502. The second-order valence-corrected chi connectivity index (χ2v) is 4.36. The van der Waals surface area contributed by atoms with Gasteiger partial charge in [0.15, 0.2) is 11.6 Å². The van der Waals surface area contributed by atoms with Crippen molar-refractivity contribution in [1.82, 2.24) is 0 Å². The lowest BCUT2D eigenvalue weighted by Crippen LogP contribution is -2.04. The van der Waals surface area contributed by atoms with Crippen molar-refractivity contribution in [3.8, 4) is 5.75 Å². The first-order chi connectivity index (χ1) is 10.0. The van der Waals surface area contributed by atoms with Gasteiger partial charge in [0, 0.05) is 18.3 Å². The molecule has 6 nitrogen and oxygen atoms in total. The second kappa shape index (κ2) is 6.08. The van der Waals surface area contributed by atoms with Crippen molar-refractivity contribution in [3.63, 3.8) is 0 Å². The van der Waals surface area contributed by atoms with E-state index in [-0.39, 0.29) is 17.1 Å². The van der Waals surface area contributed by atoms with E-state index in [4.69, 9.17) is 10.5 Å². The maximum atomic E-state index is 13.5. The Morgan fingerprint density at radius 1 is 1.33 bits per heavy atom. The van der Waals surface area contributed by atoms with Gasteiger partial charge in [-0.2, -0.15) is 0 Å². The molecule has 2 aromatic rings. The zero-order valence-electron chi connectivity index (χ0n) is 11.3. The number of nitrogens with zero attached hydrogens (tertiary/aromatic N) is 1. The normalized spacial score (nSPS) is 10.2. The van der Waals surface area contributed by atoms with Gasteiger partial charge in [-0.25, -0.2) is 4.39 Å². The average molecular weight is 291 g/mol. The van der Waals surface area contributed by atoms with Crippen LogP contribution in [0.4, 0.5) is 21.5 Å². The summed E-state index contributed by atoms with van der Waals surface area (Å²) in [7, 11) is 1.30. The summed E-state index contributed by atoms with van der Waals surface area (Å²) in [6, 6.07) is 9.17. The van der Waals surface area contributed by atoms with Gasteiger partial charge in [-0.05, 0) is 17.7 Å². The number of hydrogen-bond acceptors (Lipinski definition) is 5. The predicted octanol–water partition coefficient (Wildman–Crippen LogP) is 2.94. The van der Waals surface area contributed by atoms with Crippen LogP contribution in [0.1, 0.15) is 5.56 Å². The first-order valence-corrected chi connectivity index (χ1v) is 6.11. The topological polar surface area (TPSA) is 90.4 Å². The van der Waals surface area contributed by atoms with Crippen LogP contribution >= 0.6 is 0 Å². The molecule has 0 amide bonds. The zero-order chi connectivity index (χ0) is 15.4. The van der Waals surface area contributed by atoms with Crippen LogP contribution in [0.5, 0.6) is 5.75 Å². The molecule has 0 atom stereocenters. The van der Waals surface area contributed by atoms with Gasteiger partial charge < -0.3 is 15.8 Å². The number of anilines is 2. The fraction of sp³-hybridized carbons (Fsp3) is 0.143. The van der Waals surface area contributed by atoms with Crippen LogP contribution in [-0.4, -0.2) is 12.0 Å². The zero-order valence-corrected chi connectivity index (χ0v) is 11.3. The molecule has 2 rings (SSSR count). The summed E-state index contributed by atoms with van der Waals surface area (Å²) >= 11 is 0. The van der Waals surface area contributed by atoms with Crippen LogP contribution in [0.2, 0.25) is 0 Å². The van der Waals surface area contributed by atoms with E-state index in [0.717, 1.165) is 11.6 Å². The minimum Gasteiger partial charge on any atom is -0.494 e. The summed E-state index contributed by atoms with van der Waals surface area (Å²) < 4.78 is 18.4. The standard InChI is InChI=1S/C14H14FN3O3/c1-21-14-7-12(13(18(19)20)6-11(14)15)17-8-9-2-4-10(16)5-3-9/h2-7,17H,8,16H2,1H3. The molecule has 110 valence electrons. The minimum atomic E-state index is -0.776. The van der Waals surface area contributed by atoms with E-state index in [1.165, 1.54) is 13.2 Å². The third kappa shape index (κ3) is 3.38. The molecule has 0 saturated carbocycles. The molecule has 0 aliphatic carbocycles. The Kier molecular flexibility index (Phi) is 4.22. The highest BCUT2D eigenvalue weighted by atomic mass is 19.1. The van der Waals surface area contributed by atoms with Gasteiger partial charge in [0.25, 0.3) is 5.69 Å². The molecular weight excluding hydrogens is 277 g/mol. The van der Waals surface area contributed by atoms with E-state index in [2.05, 4.69) is 5.32 Å². The highest BCUT2D eigenvalue weighted by molar-refractivity contribution is 5.64. The molecule has 0 unspecified atom stereocenters. The Balaban J connectivity index is 2.25. The first-order valence-electron chi connectivity index (χ1n) is 6.11. The molecule has 0 bridgehead atoms. The minimum absolute atomic E-state index is 0.0552. The molecule has 7 heteroatoms. The van der Waals surface area contributed by atoms with E-state index >= 15 is 0 Å². The molecule has 0 heterocycles. The maximum absolute atomic E-state index is 13.5. The van der Waals surface area contributed by atoms with Crippen LogP contribution in [0, 0.1) is 15.9 Å². The van der Waals surface area contributed by atoms with E-state index in [0.29, 0.717) is 12.2 Å². The molecule has 2 aromatic carbocycles. The number of rotatable bonds is 5. The van der Waals surface area contributed by atoms with E-state index in [1.807, 2.05) is 0 Å². The van der Waals surface area contributed by atoms with Crippen molar-refractivity contribution in [2.75, 3.05) is 18.2 Å². The summed E-state index contributed by atoms with van der Waals surface area (Å²) in [6.07, 6.45) is 0. The summed E-state index contributed by atoms with van der Waals surface area (Å²) in [6.45, 7) is 0.343. The number of ether oxygens (including phenoxy) is 1. The Morgan fingerprint density at radius 3 is 2.57 bits per heavy atom. The van der Waals surface area contributed by atoms with Gasteiger partial charge in [-0.1, -0.05) is 12.1 Å². The lowest BCUT2D eigenvalue weighted by molar-refractivity contribution is -0.384. The van der Waals surface area contributed by atoms with Crippen molar-refractivity contribution in [3.05, 3.63) is 57.9 Å². The number of nitrogens with two attached hydrogens (primary N) is 1. The van der Waals surface area contributed by atoms with E-state index < -0.39 is 10.7 Å². The lowest BCUT2D eigenvalue weighted by Gasteiger charge is -2.10. The van der Waals surface area contributed by atoms with Crippen molar-refractivity contribution in [1.29, 1.82) is 0 Å². The van der Waals surface area contributed by atoms with Gasteiger partial charge in [0.1, 0.15) is 5.69 Å². The molecule has 3 N–H and O–H groups in total. The van der Waals surface area contributed by atoms with Crippen molar-refractivity contribution in [2.24, 2.45) is 0 Å². The number of nitrogens with one attached hydrogen (secondary N) is 1. The lowest BCUT2D eigenvalue weighted by atomic mass is 10.2. The number of benzene rings is 2. The van der Waals surface area contributed by atoms with Crippen molar-refractivity contribution < 1.29 is 14.1 Å². The largest absolute Gasteiger partial charge is 0.494 e. The fourth-order valence-corrected chi connectivity index (χ4v) is 1.82. The van der Waals surface area contributed by atoms with Crippen molar-refractivity contribution in [2.45, 2.75) is 6.54 Å². The van der Waals surface area contributed by atoms with Gasteiger partial charge >= 0.3 is 0 Å². The molecule has 0 aliphatic heterocycles. The average Bonchev–Trinajstić information content (AvgIpc) is 2.47. The van der Waals surface area contributed by atoms with Crippen LogP contribution in [-0.2, 0) is 6.54 Å². The third-order valence-electron chi connectivity index (χ3n) is 2.93. The highest BCUT2D eigenvalue weighted by Gasteiger charge is 2.18. The number of nitro benzene ring substituents is 1. The third-order valence-corrected chi connectivity index (χ3v) is 2.93. The second-order valence-electron chi connectivity index (χ2n) is 4.36. The molecule has 0 saturated heterocycles. The van der Waals surface area contributed by atoms with Crippen molar-refractivity contribution >= 4 is 17.1 Å². The molecule has 0 spiro atoms. The van der Waals surface area contributed by atoms with Crippen LogP contribution < -0.4 is 15.8 Å². The number of nitrogen functional groups attached to an aromatic ring is 1. The molecule has 0 fully saturated rings. The fourth-order valence-electron chi connectivity index (χ4n) is 1.82. The van der Waals surface area contributed by atoms with Crippen LogP contribution in [0.15, 0.2) is 36.4 Å². The Labute approximate surface area is 120 Å². The molecule has 0 aromatic heterocycles. The van der Waals surface area contributed by atoms with Crippen LogP contribution in [0.3, 0.4) is 0 Å². The predicted molar refractivity (Wildman–Crippen MR) is 77.8 cm³/mol. The Morgan fingerprint density at radius 2 is 2.00 bits per heavy atom. The molecule has 0 aliphatic rings. The first kappa shape index (κ1) is 14.6. The Hall–Kier alpha value is -2.83. The summed E-state index contributed by atoms with van der Waals surface area (Å²) in [5.74, 6) is -0.831. The van der Waals surface area contributed by atoms with Gasteiger partial charge in [-0.3, -0.25) is 10.1 Å². The molecule has 21 heavy (non-hydrogen) atoms. The van der Waals surface area contributed by atoms with Gasteiger partial charge in [0.2, 0.25) is 0 Å². The van der Waals surface area contributed by atoms with Crippen LogP contribution in [0.25, 0.3) is 0 Å².